The van der Waals surface area contributed by atoms with Crippen molar-refractivity contribution in [3.8, 4) is 6.07 Å². The number of carbonyl (C=O) groups excluding carboxylic acids is 1. The lowest BCUT2D eigenvalue weighted by Gasteiger charge is -2.23. The van der Waals surface area contributed by atoms with Crippen molar-refractivity contribution in [3.63, 3.8) is 0 Å². The number of carbonyl (C=O) groups is 1. The smallest absolute Gasteiger partial charge is 0.245 e. The number of fused-ring (bicyclic) bond motifs is 1. The fourth-order valence-corrected chi connectivity index (χ4v) is 4.99. The van der Waals surface area contributed by atoms with Gasteiger partial charge in [-0.2, -0.15) is 5.26 Å². The average molecular weight is 313 g/mol. The standard InChI is InChI=1S/C17H19N3OS/c18-9-12-6-8-22-17(12)20-7-5-15(16(20)21)19-10-13-3-1-2-4-14(13)11-19/h1-2,6,8,13-15H,3-5,7,10-11H2. The van der Waals surface area contributed by atoms with Crippen LogP contribution in [0.3, 0.4) is 0 Å². The highest BCUT2D eigenvalue weighted by Crippen LogP contribution is 2.37. The molecule has 1 aliphatic carbocycles. The topological polar surface area (TPSA) is 47.3 Å². The van der Waals surface area contributed by atoms with Crippen LogP contribution < -0.4 is 4.90 Å². The molecule has 1 amide bonds. The van der Waals surface area contributed by atoms with Gasteiger partial charge in [0.05, 0.1) is 11.6 Å². The minimum Gasteiger partial charge on any atom is -0.301 e. The molecule has 4 nitrogen and oxygen atoms in total. The highest BCUT2D eigenvalue weighted by atomic mass is 32.1. The molecule has 114 valence electrons. The second-order valence-corrected chi connectivity index (χ2v) is 7.36. The van der Waals surface area contributed by atoms with Gasteiger partial charge >= 0.3 is 0 Å². The molecule has 0 N–H and O–H groups in total. The number of allylic oxidation sites excluding steroid dienone is 2. The molecule has 4 rings (SSSR count). The maximum atomic E-state index is 12.8. The Labute approximate surface area is 134 Å². The maximum absolute atomic E-state index is 12.8. The van der Waals surface area contributed by atoms with Crippen LogP contribution in [-0.2, 0) is 4.79 Å². The van der Waals surface area contributed by atoms with E-state index in [4.69, 9.17) is 0 Å². The molecule has 5 heteroatoms. The summed E-state index contributed by atoms with van der Waals surface area (Å²) >= 11 is 1.49. The average Bonchev–Trinajstić information content (AvgIpc) is 3.23. The number of likely N-dealkylation sites (tertiary alicyclic amines) is 1. The number of nitrogens with zero attached hydrogens (tertiary/aromatic N) is 3. The molecule has 1 aromatic heterocycles. The Hall–Kier alpha value is -1.64. The molecule has 3 unspecified atom stereocenters. The lowest BCUT2D eigenvalue weighted by Crippen LogP contribution is -2.40. The molecule has 3 heterocycles. The summed E-state index contributed by atoms with van der Waals surface area (Å²) in [7, 11) is 0. The van der Waals surface area contributed by atoms with E-state index in [2.05, 4.69) is 23.1 Å². The van der Waals surface area contributed by atoms with Crippen molar-refractivity contribution >= 4 is 22.2 Å². The van der Waals surface area contributed by atoms with Gasteiger partial charge < -0.3 is 4.90 Å². The quantitative estimate of drug-likeness (QED) is 0.789. The molecule has 2 saturated heterocycles. The first kappa shape index (κ1) is 14.0. The van der Waals surface area contributed by atoms with Crippen molar-refractivity contribution in [2.75, 3.05) is 24.5 Å². The van der Waals surface area contributed by atoms with E-state index >= 15 is 0 Å². The van der Waals surface area contributed by atoms with E-state index < -0.39 is 0 Å². The van der Waals surface area contributed by atoms with Crippen molar-refractivity contribution in [1.82, 2.24) is 4.90 Å². The molecule has 22 heavy (non-hydrogen) atoms. The van der Waals surface area contributed by atoms with Crippen LogP contribution >= 0.6 is 11.3 Å². The summed E-state index contributed by atoms with van der Waals surface area (Å²) in [5, 5.41) is 11.9. The number of amides is 1. The zero-order valence-electron chi connectivity index (χ0n) is 12.4. The van der Waals surface area contributed by atoms with Crippen LogP contribution in [0.5, 0.6) is 0 Å². The van der Waals surface area contributed by atoms with Crippen molar-refractivity contribution in [1.29, 1.82) is 5.26 Å². The van der Waals surface area contributed by atoms with Crippen LogP contribution in [0.4, 0.5) is 5.00 Å². The maximum Gasteiger partial charge on any atom is 0.245 e. The van der Waals surface area contributed by atoms with E-state index in [0.29, 0.717) is 5.56 Å². The zero-order chi connectivity index (χ0) is 15.1. The second kappa shape index (κ2) is 5.53. The van der Waals surface area contributed by atoms with Crippen LogP contribution in [0.15, 0.2) is 23.6 Å². The van der Waals surface area contributed by atoms with Crippen LogP contribution in [0, 0.1) is 23.2 Å². The van der Waals surface area contributed by atoms with Gasteiger partial charge in [-0.05, 0) is 42.5 Å². The minimum absolute atomic E-state index is 0.0132. The number of rotatable bonds is 2. The molecule has 2 fully saturated rings. The molecule has 0 radical (unpaired) electrons. The molecule has 0 bridgehead atoms. The third-order valence-corrected chi connectivity index (χ3v) is 6.21. The summed E-state index contributed by atoms with van der Waals surface area (Å²) in [5.41, 5.74) is 0.623. The Morgan fingerprint density at radius 1 is 1.23 bits per heavy atom. The number of hydrogen-bond acceptors (Lipinski definition) is 4. The first-order valence-corrected chi connectivity index (χ1v) is 8.84. The molecule has 0 saturated carbocycles. The van der Waals surface area contributed by atoms with Gasteiger partial charge in [-0.25, -0.2) is 0 Å². The monoisotopic (exact) mass is 313 g/mol. The van der Waals surface area contributed by atoms with Crippen molar-refractivity contribution in [2.24, 2.45) is 11.8 Å². The number of nitriles is 1. The van der Waals surface area contributed by atoms with E-state index in [1.54, 1.807) is 6.07 Å². The molecular weight excluding hydrogens is 294 g/mol. The minimum atomic E-state index is 0.0132. The van der Waals surface area contributed by atoms with Gasteiger partial charge in [-0.3, -0.25) is 9.69 Å². The van der Waals surface area contributed by atoms with Gasteiger partial charge in [0.15, 0.2) is 0 Å². The van der Waals surface area contributed by atoms with Gasteiger partial charge in [0.2, 0.25) is 5.91 Å². The Kier molecular flexibility index (Phi) is 3.51. The van der Waals surface area contributed by atoms with E-state index in [1.165, 1.54) is 11.3 Å². The van der Waals surface area contributed by atoms with E-state index in [-0.39, 0.29) is 11.9 Å². The fraction of sp³-hybridized carbons (Fsp3) is 0.529. The van der Waals surface area contributed by atoms with E-state index in [1.807, 2.05) is 10.3 Å². The summed E-state index contributed by atoms with van der Waals surface area (Å²) in [6, 6.07) is 4.01. The van der Waals surface area contributed by atoms with E-state index in [0.717, 1.165) is 55.7 Å². The lowest BCUT2D eigenvalue weighted by molar-refractivity contribution is -0.121. The van der Waals surface area contributed by atoms with E-state index in [9.17, 15) is 10.1 Å². The van der Waals surface area contributed by atoms with Crippen molar-refractivity contribution in [2.45, 2.75) is 25.3 Å². The molecular formula is C17H19N3OS. The molecule has 1 aromatic rings. The number of anilines is 1. The predicted octanol–water partition coefficient (Wildman–Crippen LogP) is 2.62. The first-order chi connectivity index (χ1) is 10.8. The Bertz CT molecular complexity index is 643. The molecule has 0 spiro atoms. The van der Waals surface area contributed by atoms with Gasteiger partial charge in [0, 0.05) is 19.6 Å². The normalized spacial score (nSPS) is 31.5. The molecule has 0 aromatic carbocycles. The van der Waals surface area contributed by atoms with Gasteiger partial charge in [0.25, 0.3) is 0 Å². The summed E-state index contributed by atoms with van der Waals surface area (Å²) < 4.78 is 0. The summed E-state index contributed by atoms with van der Waals surface area (Å²) in [5.74, 6) is 1.64. The highest BCUT2D eigenvalue weighted by molar-refractivity contribution is 7.14. The Morgan fingerprint density at radius 3 is 2.64 bits per heavy atom. The van der Waals surface area contributed by atoms with Crippen molar-refractivity contribution < 1.29 is 4.79 Å². The molecule has 3 atom stereocenters. The summed E-state index contributed by atoms with van der Waals surface area (Å²) in [4.78, 5) is 17.1. The van der Waals surface area contributed by atoms with Gasteiger partial charge in [-0.15, -0.1) is 11.3 Å². The van der Waals surface area contributed by atoms with Crippen molar-refractivity contribution in [3.05, 3.63) is 29.2 Å². The predicted molar refractivity (Wildman–Crippen MR) is 86.7 cm³/mol. The van der Waals surface area contributed by atoms with Crippen LogP contribution in [-0.4, -0.2) is 36.5 Å². The number of hydrogen-bond donors (Lipinski definition) is 0. The highest BCUT2D eigenvalue weighted by Gasteiger charge is 2.43. The summed E-state index contributed by atoms with van der Waals surface area (Å²) in [6.07, 6.45) is 7.79. The van der Waals surface area contributed by atoms with Gasteiger partial charge in [-0.1, -0.05) is 12.2 Å². The molecule has 2 aliphatic heterocycles. The SMILES string of the molecule is N#Cc1ccsc1N1CCC(N2CC3CC=CCC3C2)C1=O. The van der Waals surface area contributed by atoms with Crippen LogP contribution in [0.25, 0.3) is 0 Å². The first-order valence-electron chi connectivity index (χ1n) is 7.96. The largest absolute Gasteiger partial charge is 0.301 e. The van der Waals surface area contributed by atoms with Gasteiger partial charge in [0.1, 0.15) is 11.1 Å². The third kappa shape index (κ3) is 2.18. The third-order valence-electron chi connectivity index (χ3n) is 5.28. The van der Waals surface area contributed by atoms with Crippen LogP contribution in [0.2, 0.25) is 0 Å². The molecule has 3 aliphatic rings. The number of thiophene rings is 1. The van der Waals surface area contributed by atoms with Crippen LogP contribution in [0.1, 0.15) is 24.8 Å². The Balaban J connectivity index is 1.50. The lowest BCUT2D eigenvalue weighted by atomic mass is 9.86. The second-order valence-electron chi connectivity index (χ2n) is 6.46. The summed E-state index contributed by atoms with van der Waals surface area (Å²) in [6.45, 7) is 2.84. The zero-order valence-corrected chi connectivity index (χ0v) is 13.3. The Morgan fingerprint density at radius 2 is 1.95 bits per heavy atom. The fourth-order valence-electron chi connectivity index (χ4n) is 4.11.